The summed E-state index contributed by atoms with van der Waals surface area (Å²) in [5, 5.41) is 2.10. The van der Waals surface area contributed by atoms with E-state index in [0.717, 1.165) is 21.1 Å². The molecule has 1 nitrogen and oxygen atoms in total. The molecule has 5 heteroatoms. The van der Waals surface area contributed by atoms with E-state index in [2.05, 4.69) is 67.4 Å². The van der Waals surface area contributed by atoms with Crippen LogP contribution < -0.4 is 4.90 Å². The summed E-state index contributed by atoms with van der Waals surface area (Å²) in [7, 11) is 2.09. The smallest absolute Gasteiger partial charge is 0.0520 e. The third-order valence-electron chi connectivity index (χ3n) is 2.61. The maximum atomic E-state index is 6.00. The second kappa shape index (κ2) is 6.42. The SMILES string of the molecule is CN(Cc1cc(Br)cs1)c1ccc(Br)cc1CCl. The Morgan fingerprint density at radius 3 is 2.61 bits per heavy atom. The lowest BCUT2D eigenvalue weighted by atomic mass is 10.2. The quantitative estimate of drug-likeness (QED) is 0.590. The third kappa shape index (κ3) is 3.50. The first-order valence-corrected chi connectivity index (χ1v) is 8.38. The number of anilines is 1. The second-order valence-electron chi connectivity index (χ2n) is 3.99. The number of rotatable bonds is 4. The van der Waals surface area contributed by atoms with E-state index < -0.39 is 0 Å². The monoisotopic (exact) mass is 407 g/mol. The average Bonchev–Trinajstić information content (AvgIpc) is 2.74. The molecule has 0 radical (unpaired) electrons. The van der Waals surface area contributed by atoms with E-state index in [1.54, 1.807) is 11.3 Å². The molecule has 0 atom stereocenters. The van der Waals surface area contributed by atoms with Gasteiger partial charge < -0.3 is 4.90 Å². The van der Waals surface area contributed by atoms with E-state index in [-0.39, 0.29) is 0 Å². The second-order valence-corrected chi connectivity index (χ2v) is 7.09. The Kier molecular flexibility index (Phi) is 5.13. The number of alkyl halides is 1. The predicted octanol–water partition coefficient (Wildman–Crippen LogP) is 5.65. The Balaban J connectivity index is 2.20. The minimum absolute atomic E-state index is 0.521. The average molecular weight is 410 g/mol. The largest absolute Gasteiger partial charge is 0.369 e. The molecule has 96 valence electrons. The van der Waals surface area contributed by atoms with Crippen LogP contribution in [0.3, 0.4) is 0 Å². The molecule has 1 aromatic carbocycles. The number of hydrogen-bond donors (Lipinski definition) is 0. The molecular formula is C13H12Br2ClNS. The Morgan fingerprint density at radius 1 is 1.22 bits per heavy atom. The topological polar surface area (TPSA) is 3.24 Å². The zero-order chi connectivity index (χ0) is 13.1. The van der Waals surface area contributed by atoms with E-state index in [9.17, 15) is 0 Å². The summed E-state index contributed by atoms with van der Waals surface area (Å²) in [6.45, 7) is 0.891. The molecule has 0 saturated carbocycles. The van der Waals surface area contributed by atoms with Crippen molar-refractivity contribution in [1.29, 1.82) is 0 Å². The Bertz CT molecular complexity index is 542. The molecule has 18 heavy (non-hydrogen) atoms. The molecule has 0 N–H and O–H groups in total. The fraction of sp³-hybridized carbons (Fsp3) is 0.231. The van der Waals surface area contributed by atoms with Crippen LogP contribution >= 0.6 is 54.8 Å². The van der Waals surface area contributed by atoms with Crippen LogP contribution in [-0.4, -0.2) is 7.05 Å². The van der Waals surface area contributed by atoms with Gasteiger partial charge in [-0.05, 0) is 45.8 Å². The molecule has 2 aromatic rings. The van der Waals surface area contributed by atoms with Crippen LogP contribution in [0.4, 0.5) is 5.69 Å². The molecule has 2 rings (SSSR count). The normalized spacial score (nSPS) is 10.7. The van der Waals surface area contributed by atoms with Gasteiger partial charge in [-0.1, -0.05) is 15.9 Å². The standard InChI is InChI=1S/C13H12Br2ClNS/c1-17(7-12-5-11(15)8-18-12)13-3-2-10(14)4-9(13)6-16/h2-5,8H,6-7H2,1H3. The summed E-state index contributed by atoms with van der Waals surface area (Å²) in [5.74, 6) is 0.521. The van der Waals surface area contributed by atoms with Crippen LogP contribution in [0.1, 0.15) is 10.4 Å². The highest BCUT2D eigenvalue weighted by Crippen LogP contribution is 2.28. The molecule has 0 unspecified atom stereocenters. The van der Waals surface area contributed by atoms with Gasteiger partial charge in [-0.25, -0.2) is 0 Å². The summed E-state index contributed by atoms with van der Waals surface area (Å²) >= 11 is 14.7. The number of nitrogens with zero attached hydrogens (tertiary/aromatic N) is 1. The minimum atomic E-state index is 0.521. The summed E-state index contributed by atoms with van der Waals surface area (Å²) in [6, 6.07) is 8.38. The molecule has 0 fully saturated rings. The molecule has 0 saturated heterocycles. The predicted molar refractivity (Wildman–Crippen MR) is 87.8 cm³/mol. The van der Waals surface area contributed by atoms with Crippen molar-refractivity contribution in [1.82, 2.24) is 0 Å². The molecule has 0 aliphatic rings. The van der Waals surface area contributed by atoms with Crippen molar-refractivity contribution in [2.24, 2.45) is 0 Å². The zero-order valence-corrected chi connectivity index (χ0v) is 14.5. The van der Waals surface area contributed by atoms with Crippen molar-refractivity contribution in [2.75, 3.05) is 11.9 Å². The van der Waals surface area contributed by atoms with E-state index in [4.69, 9.17) is 11.6 Å². The third-order valence-corrected chi connectivity index (χ3v) is 5.08. The Morgan fingerprint density at radius 2 is 2.00 bits per heavy atom. The van der Waals surface area contributed by atoms with Crippen LogP contribution in [0.15, 0.2) is 38.6 Å². The summed E-state index contributed by atoms with van der Waals surface area (Å²) in [6.07, 6.45) is 0. The fourth-order valence-electron chi connectivity index (χ4n) is 1.79. The lowest BCUT2D eigenvalue weighted by Gasteiger charge is -2.21. The summed E-state index contributed by atoms with van der Waals surface area (Å²) < 4.78 is 2.21. The van der Waals surface area contributed by atoms with Gasteiger partial charge in [0.15, 0.2) is 0 Å². The van der Waals surface area contributed by atoms with Crippen molar-refractivity contribution >= 4 is 60.5 Å². The van der Waals surface area contributed by atoms with Crippen LogP contribution in [0, 0.1) is 0 Å². The van der Waals surface area contributed by atoms with Crippen molar-refractivity contribution in [3.8, 4) is 0 Å². The van der Waals surface area contributed by atoms with E-state index in [1.807, 2.05) is 6.07 Å². The van der Waals surface area contributed by atoms with Gasteiger partial charge in [0.05, 0.1) is 6.54 Å². The van der Waals surface area contributed by atoms with Crippen LogP contribution in [0.25, 0.3) is 0 Å². The lowest BCUT2D eigenvalue weighted by molar-refractivity contribution is 0.931. The van der Waals surface area contributed by atoms with E-state index in [1.165, 1.54) is 10.6 Å². The van der Waals surface area contributed by atoms with Gasteiger partial charge in [0.1, 0.15) is 0 Å². The number of thiophene rings is 1. The Hall–Kier alpha value is -0.0300. The molecule has 0 spiro atoms. The van der Waals surface area contributed by atoms with Crippen molar-refractivity contribution in [2.45, 2.75) is 12.4 Å². The van der Waals surface area contributed by atoms with Gasteiger partial charge in [-0.2, -0.15) is 0 Å². The zero-order valence-electron chi connectivity index (χ0n) is 9.79. The van der Waals surface area contributed by atoms with Crippen LogP contribution in [0.2, 0.25) is 0 Å². The number of hydrogen-bond acceptors (Lipinski definition) is 2. The minimum Gasteiger partial charge on any atom is -0.369 e. The maximum absolute atomic E-state index is 6.00. The van der Waals surface area contributed by atoms with Crippen molar-refractivity contribution in [3.63, 3.8) is 0 Å². The molecule has 0 amide bonds. The molecular weight excluding hydrogens is 397 g/mol. The molecule has 0 aliphatic carbocycles. The van der Waals surface area contributed by atoms with Crippen molar-refractivity contribution in [3.05, 3.63) is 49.0 Å². The molecule has 0 aliphatic heterocycles. The first-order chi connectivity index (χ1) is 8.60. The van der Waals surface area contributed by atoms with E-state index in [0.29, 0.717) is 5.88 Å². The van der Waals surface area contributed by atoms with Gasteiger partial charge in [0, 0.05) is 37.8 Å². The first kappa shape index (κ1) is 14.4. The highest BCUT2D eigenvalue weighted by atomic mass is 79.9. The highest BCUT2D eigenvalue weighted by Gasteiger charge is 2.09. The van der Waals surface area contributed by atoms with Crippen molar-refractivity contribution < 1.29 is 0 Å². The van der Waals surface area contributed by atoms with Gasteiger partial charge >= 0.3 is 0 Å². The molecule has 1 aromatic heterocycles. The lowest BCUT2D eigenvalue weighted by Crippen LogP contribution is -2.17. The maximum Gasteiger partial charge on any atom is 0.0520 e. The number of halogens is 3. The summed E-state index contributed by atoms with van der Waals surface area (Å²) in [5.41, 5.74) is 2.32. The fourth-order valence-corrected chi connectivity index (χ4v) is 3.92. The van der Waals surface area contributed by atoms with E-state index >= 15 is 0 Å². The van der Waals surface area contributed by atoms with Gasteiger partial charge in [0.25, 0.3) is 0 Å². The van der Waals surface area contributed by atoms with Crippen LogP contribution in [0.5, 0.6) is 0 Å². The molecule has 0 bridgehead atoms. The van der Waals surface area contributed by atoms with Gasteiger partial charge in [0.2, 0.25) is 0 Å². The van der Waals surface area contributed by atoms with Gasteiger partial charge in [-0.15, -0.1) is 22.9 Å². The van der Waals surface area contributed by atoms with Crippen LogP contribution in [-0.2, 0) is 12.4 Å². The number of benzene rings is 1. The highest BCUT2D eigenvalue weighted by molar-refractivity contribution is 9.10. The Labute approximate surface area is 133 Å². The molecule has 1 heterocycles. The van der Waals surface area contributed by atoms with Gasteiger partial charge in [-0.3, -0.25) is 0 Å². The summed E-state index contributed by atoms with van der Waals surface area (Å²) in [4.78, 5) is 3.55. The first-order valence-electron chi connectivity index (χ1n) is 5.38.